The first kappa shape index (κ1) is 14.3. The highest BCUT2D eigenvalue weighted by Gasteiger charge is 2.49. The summed E-state index contributed by atoms with van der Waals surface area (Å²) in [6.45, 7) is 5.22. The lowest BCUT2D eigenvalue weighted by Gasteiger charge is -2.45. The first-order valence-corrected chi connectivity index (χ1v) is 8.30. The number of nitrogens with zero attached hydrogens (tertiary/aromatic N) is 2. The van der Waals surface area contributed by atoms with E-state index in [9.17, 15) is 4.79 Å². The number of carbonyl (C=O) groups excluding carboxylic acids is 1. The van der Waals surface area contributed by atoms with E-state index in [1.165, 1.54) is 19.4 Å². The zero-order chi connectivity index (χ0) is 14.3. The van der Waals surface area contributed by atoms with Gasteiger partial charge in [0.2, 0.25) is 5.91 Å². The predicted molar refractivity (Wildman–Crippen MR) is 83.5 cm³/mol. The first-order chi connectivity index (χ1) is 9.54. The zero-order valence-electron chi connectivity index (χ0n) is 12.3. The van der Waals surface area contributed by atoms with Gasteiger partial charge >= 0.3 is 0 Å². The molecule has 112 valence electrons. The molecular weight excluding hydrogens is 270 g/mol. The minimum absolute atomic E-state index is 0.210. The van der Waals surface area contributed by atoms with E-state index in [4.69, 9.17) is 18.0 Å². The minimum Gasteiger partial charge on any atom is -0.392 e. The topological polar surface area (TPSA) is 49.6 Å². The van der Waals surface area contributed by atoms with Crippen LogP contribution in [0.2, 0.25) is 0 Å². The van der Waals surface area contributed by atoms with Gasteiger partial charge in [-0.25, -0.2) is 0 Å². The second kappa shape index (κ2) is 5.26. The average molecular weight is 295 g/mol. The van der Waals surface area contributed by atoms with Crippen molar-refractivity contribution in [1.29, 1.82) is 0 Å². The van der Waals surface area contributed by atoms with Gasteiger partial charge in [0.1, 0.15) is 0 Å². The van der Waals surface area contributed by atoms with Crippen molar-refractivity contribution in [2.45, 2.75) is 57.5 Å². The van der Waals surface area contributed by atoms with E-state index < -0.39 is 5.41 Å². The largest absolute Gasteiger partial charge is 0.392 e. The lowest BCUT2D eigenvalue weighted by atomic mass is 9.83. The molecule has 3 rings (SSSR count). The summed E-state index contributed by atoms with van der Waals surface area (Å²) in [6.07, 6.45) is 6.32. The highest BCUT2D eigenvalue weighted by molar-refractivity contribution is 7.80. The van der Waals surface area contributed by atoms with Gasteiger partial charge in [-0.2, -0.15) is 0 Å². The summed E-state index contributed by atoms with van der Waals surface area (Å²) in [5.41, 5.74) is 5.43. The molecule has 1 saturated carbocycles. The van der Waals surface area contributed by atoms with Crippen molar-refractivity contribution in [3.05, 3.63) is 0 Å². The van der Waals surface area contributed by atoms with Crippen molar-refractivity contribution >= 4 is 23.1 Å². The van der Waals surface area contributed by atoms with Gasteiger partial charge in [-0.1, -0.05) is 25.1 Å². The van der Waals surface area contributed by atoms with E-state index in [0.717, 1.165) is 38.8 Å². The number of thiocarbonyl (C=S) groups is 1. The summed E-state index contributed by atoms with van der Waals surface area (Å²) in [5.74, 6) is 0.210. The van der Waals surface area contributed by atoms with Gasteiger partial charge in [0.05, 0.1) is 10.4 Å². The van der Waals surface area contributed by atoms with E-state index in [2.05, 4.69) is 16.7 Å². The molecule has 1 aliphatic carbocycles. The van der Waals surface area contributed by atoms with Crippen LogP contribution in [-0.4, -0.2) is 52.4 Å². The fourth-order valence-electron chi connectivity index (χ4n) is 4.29. The van der Waals surface area contributed by atoms with Crippen LogP contribution in [0.5, 0.6) is 0 Å². The van der Waals surface area contributed by atoms with Crippen LogP contribution < -0.4 is 5.73 Å². The second-order valence-electron chi connectivity index (χ2n) is 6.75. The SMILES string of the molecule is CC1CN2CCCC2CN1C(=O)C1(C(N)=S)CCCC1. The molecule has 0 spiro atoms. The van der Waals surface area contributed by atoms with Gasteiger partial charge in [0.15, 0.2) is 0 Å². The second-order valence-corrected chi connectivity index (χ2v) is 7.19. The van der Waals surface area contributed by atoms with Crippen LogP contribution >= 0.6 is 12.2 Å². The number of amides is 1. The van der Waals surface area contributed by atoms with E-state index in [-0.39, 0.29) is 11.9 Å². The molecule has 0 radical (unpaired) electrons. The van der Waals surface area contributed by atoms with Crippen LogP contribution in [0.25, 0.3) is 0 Å². The monoisotopic (exact) mass is 295 g/mol. The van der Waals surface area contributed by atoms with Crippen LogP contribution in [0.1, 0.15) is 45.4 Å². The number of hydrogen-bond acceptors (Lipinski definition) is 3. The Bertz CT molecular complexity index is 419. The Kier molecular flexibility index (Phi) is 3.75. The molecule has 0 aromatic heterocycles. The van der Waals surface area contributed by atoms with Crippen LogP contribution in [0.3, 0.4) is 0 Å². The van der Waals surface area contributed by atoms with Crippen molar-refractivity contribution in [3.8, 4) is 0 Å². The number of fused-ring (bicyclic) bond motifs is 1. The number of hydrogen-bond donors (Lipinski definition) is 1. The molecule has 0 bridgehead atoms. The Labute approximate surface area is 126 Å². The third kappa shape index (κ3) is 2.15. The van der Waals surface area contributed by atoms with E-state index >= 15 is 0 Å². The van der Waals surface area contributed by atoms with Crippen molar-refractivity contribution in [3.63, 3.8) is 0 Å². The summed E-state index contributed by atoms with van der Waals surface area (Å²) >= 11 is 5.26. The van der Waals surface area contributed by atoms with Gasteiger partial charge in [-0.15, -0.1) is 0 Å². The number of carbonyl (C=O) groups is 1. The Balaban J connectivity index is 1.80. The zero-order valence-corrected chi connectivity index (χ0v) is 13.1. The maximum absolute atomic E-state index is 13.1. The standard InChI is InChI=1S/C15H25N3OS/c1-11-9-17-8-4-5-12(17)10-18(11)14(19)15(13(16)20)6-2-3-7-15/h11-12H,2-10H2,1H3,(H2,16,20). The van der Waals surface area contributed by atoms with Gasteiger partial charge in [-0.3, -0.25) is 9.69 Å². The molecule has 2 unspecified atom stereocenters. The number of nitrogens with two attached hydrogens (primary N) is 1. The molecule has 2 saturated heterocycles. The highest BCUT2D eigenvalue weighted by atomic mass is 32.1. The Hall–Kier alpha value is -0.680. The smallest absolute Gasteiger partial charge is 0.235 e. The Morgan fingerprint density at radius 1 is 1.25 bits per heavy atom. The number of rotatable bonds is 2. The normalized spacial score (nSPS) is 33.1. The average Bonchev–Trinajstić information content (AvgIpc) is 3.06. The molecule has 3 fully saturated rings. The van der Waals surface area contributed by atoms with Crippen molar-refractivity contribution in [1.82, 2.24) is 9.80 Å². The lowest BCUT2D eigenvalue weighted by Crippen LogP contribution is -2.61. The molecule has 0 aromatic carbocycles. The molecule has 20 heavy (non-hydrogen) atoms. The van der Waals surface area contributed by atoms with Gasteiger partial charge in [-0.05, 0) is 39.2 Å². The molecule has 0 aromatic rings. The van der Waals surface area contributed by atoms with Crippen molar-refractivity contribution in [2.24, 2.45) is 11.1 Å². The predicted octanol–water partition coefficient (Wildman–Crippen LogP) is 1.53. The van der Waals surface area contributed by atoms with Crippen LogP contribution in [0.15, 0.2) is 0 Å². The molecule has 3 aliphatic rings. The third-order valence-corrected chi connectivity index (χ3v) is 5.93. The molecule has 1 amide bonds. The molecule has 2 atom stereocenters. The third-order valence-electron chi connectivity index (χ3n) is 5.54. The highest BCUT2D eigenvalue weighted by Crippen LogP contribution is 2.41. The molecular formula is C15H25N3OS. The molecule has 5 heteroatoms. The Morgan fingerprint density at radius 3 is 2.60 bits per heavy atom. The van der Waals surface area contributed by atoms with Crippen LogP contribution in [0.4, 0.5) is 0 Å². The quantitative estimate of drug-likeness (QED) is 0.785. The van der Waals surface area contributed by atoms with E-state index in [1.54, 1.807) is 0 Å². The summed E-state index contributed by atoms with van der Waals surface area (Å²) in [5, 5.41) is 0. The molecule has 4 nitrogen and oxygen atoms in total. The van der Waals surface area contributed by atoms with Gasteiger partial charge in [0.25, 0.3) is 0 Å². The van der Waals surface area contributed by atoms with Crippen LogP contribution in [0, 0.1) is 5.41 Å². The summed E-state index contributed by atoms with van der Waals surface area (Å²) < 4.78 is 0. The summed E-state index contributed by atoms with van der Waals surface area (Å²) in [4.78, 5) is 18.1. The first-order valence-electron chi connectivity index (χ1n) is 7.89. The maximum atomic E-state index is 13.1. The lowest BCUT2D eigenvalue weighted by molar-refractivity contribution is -0.143. The number of piperazine rings is 1. The summed E-state index contributed by atoms with van der Waals surface area (Å²) in [6, 6.07) is 0.837. The molecule has 2 aliphatic heterocycles. The van der Waals surface area contributed by atoms with Gasteiger partial charge in [0, 0.05) is 25.2 Å². The maximum Gasteiger partial charge on any atom is 0.235 e. The van der Waals surface area contributed by atoms with Crippen LogP contribution in [-0.2, 0) is 4.79 Å². The van der Waals surface area contributed by atoms with Gasteiger partial charge < -0.3 is 10.6 Å². The molecule has 2 heterocycles. The fraction of sp³-hybridized carbons (Fsp3) is 0.867. The fourth-order valence-corrected chi connectivity index (χ4v) is 4.58. The van der Waals surface area contributed by atoms with Crippen molar-refractivity contribution < 1.29 is 4.79 Å². The van der Waals surface area contributed by atoms with E-state index in [0.29, 0.717) is 11.0 Å². The summed E-state index contributed by atoms with van der Waals surface area (Å²) in [7, 11) is 0. The van der Waals surface area contributed by atoms with Crippen molar-refractivity contribution in [2.75, 3.05) is 19.6 Å². The Morgan fingerprint density at radius 2 is 1.95 bits per heavy atom. The minimum atomic E-state index is -0.537. The van der Waals surface area contributed by atoms with E-state index in [1.807, 2.05) is 0 Å². The molecule has 2 N–H and O–H groups in total.